The Morgan fingerprint density at radius 1 is 1.10 bits per heavy atom. The molecule has 0 aliphatic carbocycles. The van der Waals surface area contributed by atoms with Crippen LogP contribution in [0, 0.1) is 0 Å². The van der Waals surface area contributed by atoms with Gasteiger partial charge in [-0.05, 0) is 17.7 Å². The molecule has 5 heteroatoms. The number of hydrogen-bond acceptors (Lipinski definition) is 3. The zero-order valence-corrected chi connectivity index (χ0v) is 12.0. The topological polar surface area (TPSA) is 55.4 Å². The first-order valence-corrected chi connectivity index (χ1v) is 6.74. The third-order valence-electron chi connectivity index (χ3n) is 3.52. The highest BCUT2D eigenvalue weighted by Gasteiger charge is 2.49. The third kappa shape index (κ3) is 1.99. The van der Waals surface area contributed by atoms with Crippen LogP contribution in [-0.4, -0.2) is 18.8 Å². The average Bonchev–Trinajstić information content (AvgIpc) is 2.53. The molecule has 1 N–H and O–H groups in total. The predicted octanol–water partition coefficient (Wildman–Crippen LogP) is 2.96. The number of Topliss-reactive ketones (excluding diaryl/α,β-unsaturated/α-hetero) is 1. The molecule has 0 spiro atoms. The van der Waals surface area contributed by atoms with E-state index in [2.05, 4.69) is 5.32 Å². The molecule has 1 atom stereocenters. The van der Waals surface area contributed by atoms with Gasteiger partial charge in [-0.2, -0.15) is 0 Å². The SMILES string of the molecule is COc1ccc2c(c1)NC(=O)C(Cl)(c1ccccc1)C2=O. The molecule has 1 amide bonds. The number of amides is 1. The lowest BCUT2D eigenvalue weighted by molar-refractivity contribution is -0.117. The van der Waals surface area contributed by atoms with Crippen molar-refractivity contribution in [1.29, 1.82) is 0 Å². The number of methoxy groups -OCH3 is 1. The molecule has 0 radical (unpaired) electrons. The van der Waals surface area contributed by atoms with E-state index >= 15 is 0 Å². The Morgan fingerprint density at radius 2 is 1.81 bits per heavy atom. The summed E-state index contributed by atoms with van der Waals surface area (Å²) in [5.41, 5.74) is 1.24. The van der Waals surface area contributed by atoms with Crippen molar-refractivity contribution in [1.82, 2.24) is 0 Å². The van der Waals surface area contributed by atoms with E-state index in [0.717, 1.165) is 0 Å². The van der Waals surface area contributed by atoms with Gasteiger partial charge in [-0.3, -0.25) is 9.59 Å². The van der Waals surface area contributed by atoms with Crippen molar-refractivity contribution in [2.45, 2.75) is 4.87 Å². The Bertz CT molecular complexity index is 730. The first-order valence-electron chi connectivity index (χ1n) is 6.36. The van der Waals surface area contributed by atoms with Gasteiger partial charge >= 0.3 is 0 Å². The van der Waals surface area contributed by atoms with Crippen molar-refractivity contribution in [3.63, 3.8) is 0 Å². The van der Waals surface area contributed by atoms with Gasteiger partial charge in [-0.15, -0.1) is 0 Å². The second-order valence-electron chi connectivity index (χ2n) is 4.72. The van der Waals surface area contributed by atoms with E-state index in [0.29, 0.717) is 22.6 Å². The van der Waals surface area contributed by atoms with Crippen molar-refractivity contribution < 1.29 is 14.3 Å². The van der Waals surface area contributed by atoms with E-state index < -0.39 is 16.6 Å². The maximum atomic E-state index is 12.7. The zero-order valence-electron chi connectivity index (χ0n) is 11.2. The molecular formula is C16H12ClNO3. The van der Waals surface area contributed by atoms with Crippen LogP contribution in [0.25, 0.3) is 0 Å². The number of benzene rings is 2. The first kappa shape index (κ1) is 13.6. The molecule has 0 bridgehead atoms. The molecule has 3 rings (SSSR count). The van der Waals surface area contributed by atoms with Gasteiger partial charge in [0.15, 0.2) is 5.78 Å². The lowest BCUT2D eigenvalue weighted by Crippen LogP contribution is -2.46. The summed E-state index contributed by atoms with van der Waals surface area (Å²) < 4.78 is 5.09. The van der Waals surface area contributed by atoms with Gasteiger partial charge in [0.05, 0.1) is 12.8 Å². The number of hydrogen-bond donors (Lipinski definition) is 1. The van der Waals surface area contributed by atoms with Gasteiger partial charge in [0.1, 0.15) is 5.75 Å². The van der Waals surface area contributed by atoms with E-state index in [1.54, 1.807) is 48.5 Å². The molecule has 2 aromatic rings. The third-order valence-corrected chi connectivity index (χ3v) is 4.08. The summed E-state index contributed by atoms with van der Waals surface area (Å²) in [5, 5.41) is 2.68. The van der Waals surface area contributed by atoms with Crippen molar-refractivity contribution in [2.24, 2.45) is 0 Å². The predicted molar refractivity (Wildman–Crippen MR) is 79.9 cm³/mol. The summed E-state index contributed by atoms with van der Waals surface area (Å²) in [7, 11) is 1.52. The normalized spacial score (nSPS) is 20.7. The molecular weight excluding hydrogens is 290 g/mol. The van der Waals surface area contributed by atoms with Crippen LogP contribution in [0.3, 0.4) is 0 Å². The number of carbonyl (C=O) groups excluding carboxylic acids is 2. The molecule has 1 unspecified atom stereocenters. The van der Waals surface area contributed by atoms with Crippen LogP contribution in [0.1, 0.15) is 15.9 Å². The first-order chi connectivity index (χ1) is 10.1. The summed E-state index contributed by atoms with van der Waals surface area (Å²) in [6.45, 7) is 0. The summed E-state index contributed by atoms with van der Waals surface area (Å²) in [4.78, 5) is 23.4. The summed E-state index contributed by atoms with van der Waals surface area (Å²) in [5.74, 6) is -0.429. The highest BCUT2D eigenvalue weighted by molar-refractivity contribution is 6.51. The van der Waals surface area contributed by atoms with Gasteiger partial charge in [0, 0.05) is 11.6 Å². The number of rotatable bonds is 2. The van der Waals surface area contributed by atoms with Gasteiger partial charge in [-0.1, -0.05) is 41.9 Å². The minimum absolute atomic E-state index is 0.370. The number of fused-ring (bicyclic) bond motifs is 1. The number of carbonyl (C=O) groups is 2. The van der Waals surface area contributed by atoms with Crippen LogP contribution in [-0.2, 0) is 9.67 Å². The maximum Gasteiger partial charge on any atom is 0.258 e. The molecule has 106 valence electrons. The fourth-order valence-corrected chi connectivity index (χ4v) is 2.65. The molecule has 2 aromatic carbocycles. The number of alkyl halides is 1. The second-order valence-corrected chi connectivity index (χ2v) is 5.29. The van der Waals surface area contributed by atoms with Crippen LogP contribution in [0.2, 0.25) is 0 Å². The Labute approximate surface area is 126 Å². The van der Waals surface area contributed by atoms with E-state index in [9.17, 15) is 9.59 Å². The van der Waals surface area contributed by atoms with E-state index in [4.69, 9.17) is 16.3 Å². The van der Waals surface area contributed by atoms with Crippen LogP contribution in [0.15, 0.2) is 48.5 Å². The second kappa shape index (κ2) is 4.90. The lowest BCUT2D eigenvalue weighted by atomic mass is 9.85. The van der Waals surface area contributed by atoms with Crippen LogP contribution in [0.4, 0.5) is 5.69 Å². The lowest BCUT2D eigenvalue weighted by Gasteiger charge is -2.30. The van der Waals surface area contributed by atoms with E-state index in [-0.39, 0.29) is 0 Å². The smallest absolute Gasteiger partial charge is 0.258 e. The Kier molecular flexibility index (Phi) is 3.18. The van der Waals surface area contributed by atoms with Crippen molar-refractivity contribution in [3.05, 3.63) is 59.7 Å². The summed E-state index contributed by atoms with van der Waals surface area (Å²) >= 11 is 6.41. The van der Waals surface area contributed by atoms with Crippen LogP contribution >= 0.6 is 11.6 Å². The van der Waals surface area contributed by atoms with E-state index in [1.807, 2.05) is 0 Å². The summed E-state index contributed by atoms with van der Waals surface area (Å²) in [6.07, 6.45) is 0. The van der Waals surface area contributed by atoms with E-state index in [1.165, 1.54) is 7.11 Å². The largest absolute Gasteiger partial charge is 0.497 e. The van der Waals surface area contributed by atoms with Gasteiger partial charge in [0.25, 0.3) is 5.91 Å². The van der Waals surface area contributed by atoms with Crippen molar-refractivity contribution in [3.8, 4) is 5.75 Å². The van der Waals surface area contributed by atoms with Gasteiger partial charge < -0.3 is 10.1 Å². The van der Waals surface area contributed by atoms with Crippen LogP contribution < -0.4 is 10.1 Å². The molecule has 21 heavy (non-hydrogen) atoms. The monoisotopic (exact) mass is 301 g/mol. The minimum atomic E-state index is -1.73. The molecule has 0 saturated carbocycles. The van der Waals surface area contributed by atoms with Gasteiger partial charge in [-0.25, -0.2) is 0 Å². The number of halogens is 1. The Morgan fingerprint density at radius 3 is 2.48 bits per heavy atom. The number of ether oxygens (including phenoxy) is 1. The molecule has 4 nitrogen and oxygen atoms in total. The zero-order chi connectivity index (χ0) is 15.0. The number of anilines is 1. The average molecular weight is 302 g/mol. The highest BCUT2D eigenvalue weighted by atomic mass is 35.5. The van der Waals surface area contributed by atoms with Crippen molar-refractivity contribution in [2.75, 3.05) is 12.4 Å². The van der Waals surface area contributed by atoms with Crippen LogP contribution in [0.5, 0.6) is 5.75 Å². The molecule has 1 aliphatic heterocycles. The quantitative estimate of drug-likeness (QED) is 0.685. The fraction of sp³-hybridized carbons (Fsp3) is 0.125. The molecule has 0 saturated heterocycles. The number of nitrogens with one attached hydrogen (secondary N) is 1. The summed E-state index contributed by atoms with van der Waals surface area (Å²) in [6, 6.07) is 13.5. The number of ketones is 1. The highest BCUT2D eigenvalue weighted by Crippen LogP contribution is 2.40. The Hall–Kier alpha value is -2.33. The molecule has 0 fully saturated rings. The Balaban J connectivity index is 2.14. The molecule has 1 aliphatic rings. The maximum absolute atomic E-state index is 12.7. The molecule has 1 heterocycles. The fourth-order valence-electron chi connectivity index (χ4n) is 2.38. The standard InChI is InChI=1S/C16H12ClNO3/c1-21-11-7-8-12-13(9-11)18-15(20)16(17,14(12)19)10-5-3-2-4-6-10/h2-9H,1H3,(H,18,20). The van der Waals surface area contributed by atoms with Crippen molar-refractivity contribution >= 4 is 29.0 Å². The van der Waals surface area contributed by atoms with Gasteiger partial charge in [0.2, 0.25) is 4.87 Å². The minimum Gasteiger partial charge on any atom is -0.497 e. The molecule has 0 aromatic heterocycles.